The molecule has 0 radical (unpaired) electrons. The molecular formula is C22H24N4O. The number of rotatable bonds is 5. The van der Waals surface area contributed by atoms with Crippen molar-refractivity contribution >= 4 is 17.5 Å². The number of nitrogens with zero attached hydrogens (tertiary/aromatic N) is 2. The topological polar surface area (TPSA) is 66.9 Å². The van der Waals surface area contributed by atoms with Gasteiger partial charge in [0.2, 0.25) is 5.95 Å². The molecule has 27 heavy (non-hydrogen) atoms. The average Bonchev–Trinajstić information content (AvgIpc) is 2.65. The molecule has 3 rings (SSSR count). The van der Waals surface area contributed by atoms with Crippen molar-refractivity contribution in [1.82, 2.24) is 15.3 Å². The summed E-state index contributed by atoms with van der Waals surface area (Å²) in [6.07, 6.45) is 1.59. The molecule has 3 aromatic rings. The lowest BCUT2D eigenvalue weighted by Gasteiger charge is -2.15. The van der Waals surface area contributed by atoms with Gasteiger partial charge in [-0.05, 0) is 50.5 Å². The Bertz CT molecular complexity index is 931. The summed E-state index contributed by atoms with van der Waals surface area (Å²) < 4.78 is 0. The van der Waals surface area contributed by atoms with E-state index in [0.717, 1.165) is 22.4 Å². The second-order valence-corrected chi connectivity index (χ2v) is 6.77. The minimum atomic E-state index is -0.228. The van der Waals surface area contributed by atoms with E-state index in [1.54, 1.807) is 12.3 Å². The summed E-state index contributed by atoms with van der Waals surface area (Å²) in [5, 5.41) is 6.22. The highest BCUT2D eigenvalue weighted by molar-refractivity contribution is 5.92. The van der Waals surface area contributed by atoms with Gasteiger partial charge in [-0.25, -0.2) is 9.97 Å². The number of aryl methyl sites for hydroxylation is 3. The summed E-state index contributed by atoms with van der Waals surface area (Å²) in [7, 11) is 0. The fraction of sp³-hybridized carbons (Fsp3) is 0.227. The van der Waals surface area contributed by atoms with Gasteiger partial charge in [-0.15, -0.1) is 0 Å². The van der Waals surface area contributed by atoms with Gasteiger partial charge in [0.05, 0.1) is 6.04 Å². The SMILES string of the molecule is Cc1cc(C)c(Nc2nccc(C(=O)NC(C)c3ccccc3)n2)c(C)c1. The molecule has 1 atom stereocenters. The molecule has 0 spiro atoms. The molecule has 5 heteroatoms. The Morgan fingerprint density at radius 3 is 2.33 bits per heavy atom. The third-order valence-corrected chi connectivity index (χ3v) is 4.45. The highest BCUT2D eigenvalue weighted by Crippen LogP contribution is 2.24. The lowest BCUT2D eigenvalue weighted by atomic mass is 10.1. The highest BCUT2D eigenvalue weighted by atomic mass is 16.1. The lowest BCUT2D eigenvalue weighted by Crippen LogP contribution is -2.27. The quantitative estimate of drug-likeness (QED) is 0.696. The van der Waals surface area contributed by atoms with Crippen LogP contribution in [-0.4, -0.2) is 15.9 Å². The van der Waals surface area contributed by atoms with Crippen LogP contribution < -0.4 is 10.6 Å². The molecule has 0 bridgehead atoms. The molecule has 0 saturated carbocycles. The van der Waals surface area contributed by atoms with Gasteiger partial charge in [0.15, 0.2) is 0 Å². The number of hydrogen-bond acceptors (Lipinski definition) is 4. The van der Waals surface area contributed by atoms with Crippen LogP contribution in [0.15, 0.2) is 54.7 Å². The van der Waals surface area contributed by atoms with E-state index < -0.39 is 0 Å². The van der Waals surface area contributed by atoms with Crippen LogP contribution in [0.5, 0.6) is 0 Å². The van der Waals surface area contributed by atoms with E-state index in [2.05, 4.69) is 39.7 Å². The number of aromatic nitrogens is 2. The zero-order valence-corrected chi connectivity index (χ0v) is 16.1. The molecular weight excluding hydrogens is 336 g/mol. The summed E-state index contributed by atoms with van der Waals surface area (Å²) >= 11 is 0. The molecule has 0 aliphatic heterocycles. The maximum atomic E-state index is 12.6. The van der Waals surface area contributed by atoms with E-state index in [-0.39, 0.29) is 11.9 Å². The summed E-state index contributed by atoms with van der Waals surface area (Å²) in [4.78, 5) is 21.2. The van der Waals surface area contributed by atoms with Crippen molar-refractivity contribution in [2.45, 2.75) is 33.7 Å². The van der Waals surface area contributed by atoms with E-state index in [1.165, 1.54) is 5.56 Å². The van der Waals surface area contributed by atoms with E-state index in [4.69, 9.17) is 0 Å². The molecule has 2 aromatic carbocycles. The zero-order chi connectivity index (χ0) is 19.4. The van der Waals surface area contributed by atoms with Crippen LogP contribution in [0.1, 0.15) is 45.7 Å². The van der Waals surface area contributed by atoms with Crippen LogP contribution in [0.3, 0.4) is 0 Å². The van der Waals surface area contributed by atoms with Gasteiger partial charge in [0, 0.05) is 11.9 Å². The highest BCUT2D eigenvalue weighted by Gasteiger charge is 2.14. The van der Waals surface area contributed by atoms with Crippen LogP contribution in [0, 0.1) is 20.8 Å². The molecule has 0 fully saturated rings. The molecule has 1 heterocycles. The van der Waals surface area contributed by atoms with Crippen LogP contribution in [0.2, 0.25) is 0 Å². The van der Waals surface area contributed by atoms with Crippen LogP contribution in [-0.2, 0) is 0 Å². The van der Waals surface area contributed by atoms with Crippen LogP contribution in [0.25, 0.3) is 0 Å². The van der Waals surface area contributed by atoms with Crippen molar-refractivity contribution in [2.75, 3.05) is 5.32 Å². The minimum Gasteiger partial charge on any atom is -0.344 e. The Morgan fingerprint density at radius 2 is 1.67 bits per heavy atom. The molecule has 0 aliphatic rings. The minimum absolute atomic E-state index is 0.105. The summed E-state index contributed by atoms with van der Waals surface area (Å²) in [6, 6.07) is 15.6. The van der Waals surface area contributed by atoms with E-state index >= 15 is 0 Å². The van der Waals surface area contributed by atoms with Crippen molar-refractivity contribution in [2.24, 2.45) is 0 Å². The fourth-order valence-electron chi connectivity index (χ4n) is 3.13. The van der Waals surface area contributed by atoms with E-state index in [1.807, 2.05) is 51.1 Å². The number of anilines is 2. The Hall–Kier alpha value is -3.21. The standard InChI is InChI=1S/C22H24N4O/c1-14-12-15(2)20(16(3)13-14)26-22-23-11-10-19(25-22)21(27)24-17(4)18-8-6-5-7-9-18/h5-13,17H,1-4H3,(H,24,27)(H,23,25,26). The molecule has 1 amide bonds. The van der Waals surface area contributed by atoms with Crippen molar-refractivity contribution in [3.8, 4) is 0 Å². The molecule has 0 saturated heterocycles. The Balaban J connectivity index is 1.76. The molecule has 138 valence electrons. The third kappa shape index (κ3) is 4.50. The van der Waals surface area contributed by atoms with Crippen LogP contribution in [0.4, 0.5) is 11.6 Å². The summed E-state index contributed by atoms with van der Waals surface area (Å²) in [5.74, 6) is 0.180. The Labute approximate surface area is 159 Å². The van der Waals surface area contributed by atoms with Crippen molar-refractivity contribution in [1.29, 1.82) is 0 Å². The van der Waals surface area contributed by atoms with Crippen molar-refractivity contribution in [3.63, 3.8) is 0 Å². The number of amides is 1. The van der Waals surface area contributed by atoms with Gasteiger partial charge in [0.1, 0.15) is 5.69 Å². The number of carbonyl (C=O) groups is 1. The van der Waals surface area contributed by atoms with Gasteiger partial charge in [-0.3, -0.25) is 4.79 Å². The van der Waals surface area contributed by atoms with E-state index in [0.29, 0.717) is 11.6 Å². The predicted octanol–water partition coefficient (Wildman–Crippen LogP) is 4.64. The average molecular weight is 360 g/mol. The van der Waals surface area contributed by atoms with Crippen molar-refractivity contribution in [3.05, 3.63) is 82.7 Å². The van der Waals surface area contributed by atoms with Gasteiger partial charge in [-0.1, -0.05) is 48.0 Å². The smallest absolute Gasteiger partial charge is 0.270 e. The summed E-state index contributed by atoms with van der Waals surface area (Å²) in [6.45, 7) is 8.10. The van der Waals surface area contributed by atoms with Gasteiger partial charge < -0.3 is 10.6 Å². The lowest BCUT2D eigenvalue weighted by molar-refractivity contribution is 0.0935. The molecule has 2 N–H and O–H groups in total. The molecule has 5 nitrogen and oxygen atoms in total. The normalized spacial score (nSPS) is 11.7. The Kier molecular flexibility index (Phi) is 5.50. The van der Waals surface area contributed by atoms with Gasteiger partial charge in [-0.2, -0.15) is 0 Å². The zero-order valence-electron chi connectivity index (χ0n) is 16.1. The Morgan fingerprint density at radius 1 is 1.00 bits per heavy atom. The number of hydrogen-bond donors (Lipinski definition) is 2. The maximum Gasteiger partial charge on any atom is 0.270 e. The molecule has 0 aliphatic carbocycles. The second-order valence-electron chi connectivity index (χ2n) is 6.77. The third-order valence-electron chi connectivity index (χ3n) is 4.45. The first-order valence-corrected chi connectivity index (χ1v) is 8.98. The summed E-state index contributed by atoms with van der Waals surface area (Å²) in [5.41, 5.74) is 5.78. The van der Waals surface area contributed by atoms with Crippen molar-refractivity contribution < 1.29 is 4.79 Å². The van der Waals surface area contributed by atoms with Crippen LogP contribution >= 0.6 is 0 Å². The largest absolute Gasteiger partial charge is 0.344 e. The second kappa shape index (κ2) is 7.99. The van der Waals surface area contributed by atoms with Gasteiger partial charge >= 0.3 is 0 Å². The monoisotopic (exact) mass is 360 g/mol. The predicted molar refractivity (Wildman–Crippen MR) is 108 cm³/mol. The first-order valence-electron chi connectivity index (χ1n) is 8.98. The number of benzene rings is 2. The maximum absolute atomic E-state index is 12.6. The van der Waals surface area contributed by atoms with E-state index in [9.17, 15) is 4.79 Å². The first-order chi connectivity index (χ1) is 12.9. The fourth-order valence-corrected chi connectivity index (χ4v) is 3.13. The number of carbonyl (C=O) groups excluding carboxylic acids is 1. The molecule has 1 unspecified atom stereocenters. The number of nitrogens with one attached hydrogen (secondary N) is 2. The van der Waals surface area contributed by atoms with Gasteiger partial charge in [0.25, 0.3) is 5.91 Å². The molecule has 1 aromatic heterocycles. The first kappa shape index (κ1) is 18.6.